The molecule has 0 radical (unpaired) electrons. The van der Waals surface area contributed by atoms with Gasteiger partial charge in [-0.25, -0.2) is 9.18 Å². The molecular formula is C6H6FNO3. The second-order valence-corrected chi connectivity index (χ2v) is 2.06. The molecule has 0 aromatic carbocycles. The van der Waals surface area contributed by atoms with Gasteiger partial charge >= 0.3 is 5.97 Å². The van der Waals surface area contributed by atoms with Crippen LogP contribution >= 0.6 is 0 Å². The Bertz CT molecular complexity index is 271. The van der Waals surface area contributed by atoms with Gasteiger partial charge in [0.15, 0.2) is 0 Å². The van der Waals surface area contributed by atoms with Crippen LogP contribution in [0, 0.1) is 6.92 Å². The van der Waals surface area contributed by atoms with E-state index in [-0.39, 0.29) is 5.69 Å². The van der Waals surface area contributed by atoms with Gasteiger partial charge in [0.2, 0.25) is 6.17 Å². The predicted molar refractivity (Wildman–Crippen MR) is 32.7 cm³/mol. The minimum Gasteiger partial charge on any atom is -0.479 e. The monoisotopic (exact) mass is 159 g/mol. The molecule has 0 spiro atoms. The normalized spacial score (nSPS) is 12.9. The number of carboxylic acids is 1. The third-order valence-corrected chi connectivity index (χ3v) is 1.12. The van der Waals surface area contributed by atoms with Crippen LogP contribution < -0.4 is 0 Å². The maximum absolute atomic E-state index is 12.5. The lowest BCUT2D eigenvalue weighted by Gasteiger charge is -1.93. The molecule has 0 aliphatic heterocycles. The van der Waals surface area contributed by atoms with E-state index in [0.717, 1.165) is 0 Å². The molecule has 60 valence electrons. The van der Waals surface area contributed by atoms with Gasteiger partial charge in [0.1, 0.15) is 11.5 Å². The van der Waals surface area contributed by atoms with Crippen LogP contribution in [0.1, 0.15) is 17.6 Å². The summed E-state index contributed by atoms with van der Waals surface area (Å²) >= 11 is 0. The topological polar surface area (TPSA) is 63.3 Å². The number of aryl methyl sites for hydroxylation is 1. The van der Waals surface area contributed by atoms with Crippen molar-refractivity contribution >= 4 is 5.97 Å². The molecule has 0 saturated heterocycles. The van der Waals surface area contributed by atoms with Crippen molar-refractivity contribution in [2.75, 3.05) is 0 Å². The molecule has 1 aromatic rings. The van der Waals surface area contributed by atoms with Gasteiger partial charge in [-0.15, -0.1) is 0 Å². The fraction of sp³-hybridized carbons (Fsp3) is 0.333. The highest BCUT2D eigenvalue weighted by atomic mass is 19.1. The number of rotatable bonds is 2. The van der Waals surface area contributed by atoms with E-state index in [1.165, 1.54) is 6.07 Å². The summed E-state index contributed by atoms with van der Waals surface area (Å²) in [7, 11) is 0. The summed E-state index contributed by atoms with van der Waals surface area (Å²) in [5, 5.41) is 11.4. The molecule has 4 nitrogen and oxygen atoms in total. The highest BCUT2D eigenvalue weighted by Crippen LogP contribution is 2.16. The number of hydrogen-bond acceptors (Lipinski definition) is 3. The van der Waals surface area contributed by atoms with E-state index in [9.17, 15) is 9.18 Å². The Labute approximate surface area is 61.6 Å². The molecule has 0 aliphatic rings. The van der Waals surface area contributed by atoms with Gasteiger partial charge in [-0.1, -0.05) is 5.16 Å². The molecule has 1 N–H and O–H groups in total. The van der Waals surface area contributed by atoms with Crippen molar-refractivity contribution in [1.29, 1.82) is 0 Å². The van der Waals surface area contributed by atoms with Gasteiger partial charge in [0, 0.05) is 6.07 Å². The first-order valence-corrected chi connectivity index (χ1v) is 2.91. The average Bonchev–Trinajstić information content (AvgIpc) is 2.34. The summed E-state index contributed by atoms with van der Waals surface area (Å²) < 4.78 is 17.0. The zero-order valence-electron chi connectivity index (χ0n) is 5.74. The third-order valence-electron chi connectivity index (χ3n) is 1.12. The van der Waals surface area contributed by atoms with E-state index in [0.29, 0.717) is 5.76 Å². The lowest BCUT2D eigenvalue weighted by Crippen LogP contribution is -2.05. The largest absolute Gasteiger partial charge is 0.479 e. The molecule has 0 bridgehead atoms. The van der Waals surface area contributed by atoms with Crippen LogP contribution in [0.2, 0.25) is 0 Å². The Morgan fingerprint density at radius 3 is 2.91 bits per heavy atom. The van der Waals surface area contributed by atoms with Gasteiger partial charge in [-0.3, -0.25) is 0 Å². The number of aromatic nitrogens is 1. The van der Waals surface area contributed by atoms with Crippen molar-refractivity contribution in [3.63, 3.8) is 0 Å². The number of aliphatic carboxylic acids is 1. The Hall–Kier alpha value is -1.39. The van der Waals surface area contributed by atoms with Crippen LogP contribution in [0.4, 0.5) is 4.39 Å². The summed E-state index contributed by atoms with van der Waals surface area (Å²) in [5.74, 6) is -1.16. The first kappa shape index (κ1) is 7.71. The molecule has 1 atom stereocenters. The minimum absolute atomic E-state index is 0.199. The standard InChI is InChI=1S/C6H6FNO3/c1-3-2-4(8-11-3)5(7)6(9)10/h2,5H,1H3,(H,9,10). The second kappa shape index (κ2) is 2.69. The molecule has 0 aliphatic carbocycles. The van der Waals surface area contributed by atoms with Crippen molar-refractivity contribution < 1.29 is 18.8 Å². The predicted octanol–water partition coefficient (Wildman–Crippen LogP) is 1.08. The summed E-state index contributed by atoms with van der Waals surface area (Å²) in [6.07, 6.45) is -2.09. The maximum atomic E-state index is 12.5. The molecule has 0 fully saturated rings. The fourth-order valence-corrected chi connectivity index (χ4v) is 0.632. The van der Waals surface area contributed by atoms with Gasteiger partial charge in [0.25, 0.3) is 0 Å². The molecule has 1 aromatic heterocycles. The fourth-order valence-electron chi connectivity index (χ4n) is 0.632. The lowest BCUT2D eigenvalue weighted by atomic mass is 10.3. The maximum Gasteiger partial charge on any atom is 0.344 e. The van der Waals surface area contributed by atoms with Crippen LogP contribution in [0.3, 0.4) is 0 Å². The first-order chi connectivity index (χ1) is 5.11. The van der Waals surface area contributed by atoms with Crippen molar-refractivity contribution in [3.05, 3.63) is 17.5 Å². The lowest BCUT2D eigenvalue weighted by molar-refractivity contribution is -0.143. The van der Waals surface area contributed by atoms with E-state index >= 15 is 0 Å². The average molecular weight is 159 g/mol. The summed E-state index contributed by atoms with van der Waals surface area (Å²) in [5.41, 5.74) is -0.199. The molecule has 1 rings (SSSR count). The quantitative estimate of drug-likeness (QED) is 0.701. The number of alkyl halides is 1. The molecule has 11 heavy (non-hydrogen) atoms. The Morgan fingerprint density at radius 1 is 1.91 bits per heavy atom. The molecule has 0 amide bonds. The summed E-state index contributed by atoms with van der Waals surface area (Å²) in [4.78, 5) is 10.1. The molecule has 1 unspecified atom stereocenters. The van der Waals surface area contributed by atoms with E-state index < -0.39 is 12.1 Å². The van der Waals surface area contributed by atoms with Crippen LogP contribution in [0.15, 0.2) is 10.6 Å². The van der Waals surface area contributed by atoms with Crippen molar-refractivity contribution in [3.8, 4) is 0 Å². The number of hydrogen-bond donors (Lipinski definition) is 1. The highest BCUT2D eigenvalue weighted by molar-refractivity contribution is 5.73. The van der Waals surface area contributed by atoms with Crippen LogP contribution in [-0.4, -0.2) is 16.2 Å². The smallest absolute Gasteiger partial charge is 0.344 e. The Morgan fingerprint density at radius 2 is 2.55 bits per heavy atom. The number of nitrogens with zero attached hydrogens (tertiary/aromatic N) is 1. The van der Waals surface area contributed by atoms with Crippen molar-refractivity contribution in [2.24, 2.45) is 0 Å². The Balaban J connectivity index is 2.84. The van der Waals surface area contributed by atoms with Gasteiger partial charge in [-0.2, -0.15) is 0 Å². The van der Waals surface area contributed by atoms with E-state index in [1.54, 1.807) is 6.92 Å². The van der Waals surface area contributed by atoms with E-state index in [4.69, 9.17) is 5.11 Å². The number of carbonyl (C=O) groups is 1. The minimum atomic E-state index is -2.09. The van der Waals surface area contributed by atoms with E-state index in [1.807, 2.05) is 0 Å². The zero-order chi connectivity index (χ0) is 8.43. The molecular weight excluding hydrogens is 153 g/mol. The van der Waals surface area contributed by atoms with Crippen LogP contribution in [-0.2, 0) is 4.79 Å². The number of halogens is 1. The van der Waals surface area contributed by atoms with Crippen molar-refractivity contribution in [1.82, 2.24) is 5.16 Å². The summed E-state index contributed by atoms with van der Waals surface area (Å²) in [6.45, 7) is 1.56. The Kier molecular flexibility index (Phi) is 1.89. The molecule has 0 saturated carbocycles. The SMILES string of the molecule is Cc1cc(C(F)C(=O)O)no1. The highest BCUT2D eigenvalue weighted by Gasteiger charge is 2.21. The second-order valence-electron chi connectivity index (χ2n) is 2.06. The summed E-state index contributed by atoms with van der Waals surface area (Å²) in [6, 6.07) is 1.25. The van der Waals surface area contributed by atoms with Crippen molar-refractivity contribution in [2.45, 2.75) is 13.1 Å². The zero-order valence-corrected chi connectivity index (χ0v) is 5.74. The number of carboxylic acid groups (broad SMARTS) is 1. The first-order valence-electron chi connectivity index (χ1n) is 2.91. The van der Waals surface area contributed by atoms with Gasteiger partial charge in [-0.05, 0) is 6.92 Å². The molecule has 5 heteroatoms. The van der Waals surface area contributed by atoms with E-state index in [2.05, 4.69) is 9.68 Å². The van der Waals surface area contributed by atoms with Crippen LogP contribution in [0.5, 0.6) is 0 Å². The third kappa shape index (κ3) is 1.54. The molecule has 1 heterocycles. The van der Waals surface area contributed by atoms with Crippen LogP contribution in [0.25, 0.3) is 0 Å². The van der Waals surface area contributed by atoms with Gasteiger partial charge < -0.3 is 9.63 Å². The van der Waals surface area contributed by atoms with Gasteiger partial charge in [0.05, 0.1) is 0 Å².